The standard InChI is InChI=1S/C21H32N6O4/c1-13(2)22-21(29)31-16-7-5-6-14(8-9-16)17-11-19(25-24-17)23-20(28)18-10-15(12-30-4)26-27(18)3/h10-11,13-14,16H,5-9,12H2,1-4H3,(H,22,29)(H2,23,24,25,28)/t14-,16+/m1/s1. The first kappa shape index (κ1) is 22.8. The van der Waals surface area contributed by atoms with Crippen molar-refractivity contribution in [2.75, 3.05) is 12.4 Å². The Bertz CT molecular complexity index is 890. The average Bonchev–Trinajstić information content (AvgIpc) is 3.22. The number of nitrogens with zero attached hydrogens (tertiary/aromatic N) is 3. The minimum atomic E-state index is -0.353. The van der Waals surface area contributed by atoms with E-state index >= 15 is 0 Å². The van der Waals surface area contributed by atoms with Gasteiger partial charge in [-0.15, -0.1) is 0 Å². The summed E-state index contributed by atoms with van der Waals surface area (Å²) in [5.74, 6) is 0.480. The summed E-state index contributed by atoms with van der Waals surface area (Å²) in [4.78, 5) is 24.5. The van der Waals surface area contributed by atoms with Crippen molar-refractivity contribution in [1.82, 2.24) is 25.3 Å². The molecule has 0 spiro atoms. The van der Waals surface area contributed by atoms with Gasteiger partial charge in [0, 0.05) is 37.9 Å². The number of amides is 2. The van der Waals surface area contributed by atoms with E-state index in [2.05, 4.69) is 25.9 Å². The van der Waals surface area contributed by atoms with Gasteiger partial charge in [0.05, 0.1) is 12.3 Å². The lowest BCUT2D eigenvalue weighted by Gasteiger charge is -2.17. The van der Waals surface area contributed by atoms with Crippen LogP contribution in [0.15, 0.2) is 12.1 Å². The molecule has 2 atom stereocenters. The lowest BCUT2D eigenvalue weighted by Crippen LogP contribution is -2.33. The van der Waals surface area contributed by atoms with Gasteiger partial charge in [-0.25, -0.2) is 4.79 Å². The molecule has 0 saturated heterocycles. The minimum absolute atomic E-state index is 0.0579. The van der Waals surface area contributed by atoms with Crippen molar-refractivity contribution in [3.63, 3.8) is 0 Å². The molecule has 3 rings (SSSR count). The molecule has 170 valence electrons. The van der Waals surface area contributed by atoms with Gasteiger partial charge < -0.3 is 20.1 Å². The van der Waals surface area contributed by atoms with Crippen LogP contribution in [0.4, 0.5) is 10.6 Å². The third-order valence-corrected chi connectivity index (χ3v) is 5.33. The molecule has 2 heterocycles. The molecule has 0 radical (unpaired) electrons. The Labute approximate surface area is 182 Å². The third-order valence-electron chi connectivity index (χ3n) is 5.33. The Hall–Kier alpha value is -2.88. The first-order valence-electron chi connectivity index (χ1n) is 10.7. The fourth-order valence-corrected chi connectivity index (χ4v) is 3.87. The van der Waals surface area contributed by atoms with E-state index in [9.17, 15) is 9.59 Å². The Morgan fingerprint density at radius 3 is 2.81 bits per heavy atom. The van der Waals surface area contributed by atoms with Crippen molar-refractivity contribution < 1.29 is 19.1 Å². The fourth-order valence-electron chi connectivity index (χ4n) is 3.87. The zero-order chi connectivity index (χ0) is 22.4. The number of rotatable bonds is 7. The predicted octanol–water partition coefficient (Wildman–Crippen LogP) is 3.09. The van der Waals surface area contributed by atoms with E-state index in [1.165, 1.54) is 4.68 Å². The number of alkyl carbamates (subject to hydrolysis) is 1. The minimum Gasteiger partial charge on any atom is -0.446 e. The molecule has 1 saturated carbocycles. The maximum absolute atomic E-state index is 12.6. The van der Waals surface area contributed by atoms with Crippen LogP contribution >= 0.6 is 0 Å². The zero-order valence-electron chi connectivity index (χ0n) is 18.6. The number of aromatic amines is 1. The largest absolute Gasteiger partial charge is 0.446 e. The number of hydrogen-bond donors (Lipinski definition) is 3. The second kappa shape index (κ2) is 10.4. The molecule has 1 aliphatic carbocycles. The highest BCUT2D eigenvalue weighted by atomic mass is 16.6. The second-order valence-electron chi connectivity index (χ2n) is 8.27. The zero-order valence-corrected chi connectivity index (χ0v) is 18.6. The number of aromatic nitrogens is 4. The number of hydrogen-bond acceptors (Lipinski definition) is 6. The fraction of sp³-hybridized carbons (Fsp3) is 0.619. The van der Waals surface area contributed by atoms with Gasteiger partial charge in [-0.2, -0.15) is 10.2 Å². The molecular formula is C21H32N6O4. The highest BCUT2D eigenvalue weighted by molar-refractivity contribution is 6.02. The number of methoxy groups -OCH3 is 1. The highest BCUT2D eigenvalue weighted by Gasteiger charge is 2.24. The highest BCUT2D eigenvalue weighted by Crippen LogP contribution is 2.32. The van der Waals surface area contributed by atoms with Gasteiger partial charge in [0.15, 0.2) is 5.82 Å². The van der Waals surface area contributed by atoms with Crippen LogP contribution in [0.5, 0.6) is 0 Å². The maximum Gasteiger partial charge on any atom is 0.407 e. The van der Waals surface area contributed by atoms with Gasteiger partial charge >= 0.3 is 6.09 Å². The van der Waals surface area contributed by atoms with Gasteiger partial charge in [0.25, 0.3) is 5.91 Å². The lowest BCUT2D eigenvalue weighted by atomic mass is 9.97. The van der Waals surface area contributed by atoms with Crippen LogP contribution in [-0.2, 0) is 23.1 Å². The number of carbonyl (C=O) groups excluding carboxylic acids is 2. The molecule has 3 N–H and O–H groups in total. The summed E-state index contributed by atoms with van der Waals surface area (Å²) in [7, 11) is 3.30. The molecule has 0 unspecified atom stereocenters. The molecular weight excluding hydrogens is 400 g/mol. The SMILES string of the molecule is COCc1cc(C(=O)Nc2cc([C@@H]3CCC[C@H](OC(=O)NC(C)C)CC3)[nH]n2)n(C)n1. The molecule has 0 bridgehead atoms. The quantitative estimate of drug-likeness (QED) is 0.578. The van der Waals surface area contributed by atoms with Gasteiger partial charge in [-0.05, 0) is 52.0 Å². The van der Waals surface area contributed by atoms with Gasteiger partial charge in [-0.1, -0.05) is 0 Å². The lowest BCUT2D eigenvalue weighted by molar-refractivity contribution is 0.0867. The summed E-state index contributed by atoms with van der Waals surface area (Å²) >= 11 is 0. The van der Waals surface area contributed by atoms with E-state index in [1.807, 2.05) is 19.9 Å². The molecule has 2 aromatic rings. The van der Waals surface area contributed by atoms with Gasteiger partial charge in [0.2, 0.25) is 0 Å². The van der Waals surface area contributed by atoms with E-state index in [0.29, 0.717) is 23.8 Å². The van der Waals surface area contributed by atoms with Crippen molar-refractivity contribution in [3.05, 3.63) is 29.2 Å². The molecule has 10 heteroatoms. The molecule has 1 fully saturated rings. The van der Waals surface area contributed by atoms with E-state index < -0.39 is 0 Å². The smallest absolute Gasteiger partial charge is 0.407 e. The van der Waals surface area contributed by atoms with Crippen molar-refractivity contribution in [2.24, 2.45) is 7.05 Å². The number of aryl methyl sites for hydroxylation is 1. The summed E-state index contributed by atoms with van der Waals surface area (Å²) in [6.45, 7) is 4.16. The van der Waals surface area contributed by atoms with Crippen molar-refractivity contribution in [3.8, 4) is 0 Å². The van der Waals surface area contributed by atoms with Crippen molar-refractivity contribution >= 4 is 17.8 Å². The normalized spacial score (nSPS) is 19.1. The summed E-state index contributed by atoms with van der Waals surface area (Å²) in [6.07, 6.45) is 4.05. The predicted molar refractivity (Wildman–Crippen MR) is 115 cm³/mol. The topological polar surface area (TPSA) is 123 Å². The molecule has 10 nitrogen and oxygen atoms in total. The summed E-state index contributed by atoms with van der Waals surface area (Å²) in [6, 6.07) is 3.64. The number of carbonyl (C=O) groups is 2. The van der Waals surface area contributed by atoms with Crippen LogP contribution in [0.25, 0.3) is 0 Å². The van der Waals surface area contributed by atoms with Crippen LogP contribution in [0.2, 0.25) is 0 Å². The average molecular weight is 433 g/mol. The number of ether oxygens (including phenoxy) is 2. The Morgan fingerprint density at radius 2 is 2.06 bits per heavy atom. The van der Waals surface area contributed by atoms with Gasteiger partial charge in [-0.3, -0.25) is 14.6 Å². The third kappa shape index (κ3) is 6.30. The Morgan fingerprint density at radius 1 is 1.26 bits per heavy atom. The van der Waals surface area contributed by atoms with Crippen LogP contribution in [0.1, 0.15) is 73.7 Å². The first-order valence-corrected chi connectivity index (χ1v) is 10.7. The summed E-state index contributed by atoms with van der Waals surface area (Å²) in [5, 5.41) is 17.2. The summed E-state index contributed by atoms with van der Waals surface area (Å²) in [5.41, 5.74) is 2.11. The van der Waals surface area contributed by atoms with E-state index in [1.54, 1.807) is 20.2 Å². The Kier molecular flexibility index (Phi) is 7.67. The van der Waals surface area contributed by atoms with Gasteiger partial charge in [0.1, 0.15) is 11.8 Å². The van der Waals surface area contributed by atoms with E-state index in [4.69, 9.17) is 9.47 Å². The molecule has 1 aliphatic rings. The van der Waals surface area contributed by atoms with Crippen LogP contribution in [0.3, 0.4) is 0 Å². The van der Waals surface area contributed by atoms with Crippen molar-refractivity contribution in [2.45, 2.75) is 70.6 Å². The molecule has 2 amide bonds. The monoisotopic (exact) mass is 432 g/mol. The van der Waals surface area contributed by atoms with Crippen LogP contribution in [-0.4, -0.2) is 51.2 Å². The summed E-state index contributed by atoms with van der Waals surface area (Å²) < 4.78 is 12.1. The van der Waals surface area contributed by atoms with Crippen LogP contribution < -0.4 is 10.6 Å². The number of H-pyrrole nitrogens is 1. The molecule has 2 aromatic heterocycles. The molecule has 0 aliphatic heterocycles. The Balaban J connectivity index is 1.55. The number of nitrogens with one attached hydrogen (secondary N) is 3. The molecule has 31 heavy (non-hydrogen) atoms. The number of anilines is 1. The van der Waals surface area contributed by atoms with E-state index in [0.717, 1.165) is 37.8 Å². The second-order valence-corrected chi connectivity index (χ2v) is 8.27. The maximum atomic E-state index is 12.6. The van der Waals surface area contributed by atoms with Crippen LogP contribution in [0, 0.1) is 0 Å². The molecule has 0 aromatic carbocycles. The first-order chi connectivity index (χ1) is 14.9. The van der Waals surface area contributed by atoms with Crippen molar-refractivity contribution in [1.29, 1.82) is 0 Å². The van der Waals surface area contributed by atoms with E-state index in [-0.39, 0.29) is 30.1 Å².